The van der Waals surface area contributed by atoms with Crippen LogP contribution in [0.1, 0.15) is 48.9 Å². The summed E-state index contributed by atoms with van der Waals surface area (Å²) in [6, 6.07) is 3.17. The van der Waals surface area contributed by atoms with Gasteiger partial charge in [0.2, 0.25) is 0 Å². The summed E-state index contributed by atoms with van der Waals surface area (Å²) in [5.41, 5.74) is 0.0979. The highest BCUT2D eigenvalue weighted by molar-refractivity contribution is 7.99. The normalized spacial score (nSPS) is 33.5. The van der Waals surface area contributed by atoms with Gasteiger partial charge < -0.3 is 5.32 Å². The van der Waals surface area contributed by atoms with E-state index >= 15 is 0 Å². The summed E-state index contributed by atoms with van der Waals surface area (Å²) >= 11 is 0.578. The van der Waals surface area contributed by atoms with E-state index in [0.29, 0.717) is 29.5 Å². The Hall–Kier alpha value is -1.24. The van der Waals surface area contributed by atoms with E-state index in [0.717, 1.165) is 19.3 Å². The largest absolute Gasteiger partial charge is 0.398 e. The van der Waals surface area contributed by atoms with Crippen molar-refractivity contribution in [1.82, 2.24) is 10.3 Å². The molecule has 3 nitrogen and oxygen atoms in total. The summed E-state index contributed by atoms with van der Waals surface area (Å²) in [6.45, 7) is 0. The Morgan fingerprint density at radius 3 is 2.36 bits per heavy atom. The third-order valence-electron chi connectivity index (χ3n) is 5.81. The van der Waals surface area contributed by atoms with Gasteiger partial charge >= 0.3 is 6.18 Å². The van der Waals surface area contributed by atoms with Gasteiger partial charge in [0.25, 0.3) is 5.91 Å². The molecule has 1 aromatic heterocycles. The molecule has 25 heavy (non-hydrogen) atoms. The molecule has 0 spiro atoms. The van der Waals surface area contributed by atoms with Crippen LogP contribution in [-0.4, -0.2) is 28.4 Å². The van der Waals surface area contributed by atoms with E-state index in [2.05, 4.69) is 10.3 Å². The maximum absolute atomic E-state index is 12.8. The Morgan fingerprint density at radius 2 is 1.80 bits per heavy atom. The van der Waals surface area contributed by atoms with Crippen LogP contribution in [0.15, 0.2) is 23.4 Å². The molecule has 7 heteroatoms. The Morgan fingerprint density at radius 1 is 1.20 bits per heavy atom. The standard InChI is InChI=1S/C18H21F3N2OS/c19-18(20,21)10-25-16-14(2-1-3-22-16)15(24)23-17-7-11-4-12(8-17)6-13(5-11)9-17/h1-3,11-13H,4-10H2,(H,23,24). The maximum Gasteiger partial charge on any atom is 0.398 e. The third kappa shape index (κ3) is 3.66. The number of thioether (sulfide) groups is 1. The number of halogens is 3. The molecule has 1 aromatic rings. The number of amides is 1. The third-order valence-corrected chi connectivity index (χ3v) is 6.88. The second-order valence-corrected chi connectivity index (χ2v) is 8.88. The molecule has 1 N–H and O–H groups in total. The van der Waals surface area contributed by atoms with Gasteiger partial charge in [-0.15, -0.1) is 0 Å². The summed E-state index contributed by atoms with van der Waals surface area (Å²) < 4.78 is 37.5. The SMILES string of the molecule is O=C(NC12CC3CC(CC(C3)C1)C2)c1cccnc1SCC(F)(F)F. The second kappa shape index (κ2) is 6.18. The fraction of sp³-hybridized carbons (Fsp3) is 0.667. The van der Waals surface area contributed by atoms with Crippen molar-refractivity contribution < 1.29 is 18.0 Å². The molecule has 0 unspecified atom stereocenters. The van der Waals surface area contributed by atoms with Gasteiger partial charge in [-0.3, -0.25) is 4.79 Å². The van der Waals surface area contributed by atoms with Gasteiger partial charge in [-0.1, -0.05) is 11.8 Å². The molecular formula is C18H21F3N2OS. The van der Waals surface area contributed by atoms with Gasteiger partial charge in [0.05, 0.1) is 11.3 Å². The Kier molecular flexibility index (Phi) is 4.25. The molecule has 136 valence electrons. The molecule has 4 fully saturated rings. The topological polar surface area (TPSA) is 42.0 Å². The molecule has 0 aliphatic heterocycles. The average molecular weight is 370 g/mol. The van der Waals surface area contributed by atoms with Crippen molar-refractivity contribution in [3.8, 4) is 0 Å². The fourth-order valence-corrected chi connectivity index (χ4v) is 6.15. The number of alkyl halides is 3. The Balaban J connectivity index is 1.50. The first-order chi connectivity index (χ1) is 11.8. The molecule has 0 atom stereocenters. The van der Waals surface area contributed by atoms with Crippen LogP contribution in [-0.2, 0) is 0 Å². The molecule has 4 bridgehead atoms. The summed E-state index contributed by atoms with van der Waals surface area (Å²) in [4.78, 5) is 16.8. The van der Waals surface area contributed by atoms with Crippen molar-refractivity contribution >= 4 is 17.7 Å². The molecule has 4 saturated carbocycles. The molecule has 1 heterocycles. The van der Waals surface area contributed by atoms with E-state index < -0.39 is 11.9 Å². The van der Waals surface area contributed by atoms with Crippen molar-refractivity contribution in [2.45, 2.75) is 55.3 Å². The number of aromatic nitrogens is 1. The smallest absolute Gasteiger partial charge is 0.346 e. The average Bonchev–Trinajstić information content (AvgIpc) is 2.50. The highest BCUT2D eigenvalue weighted by Crippen LogP contribution is 2.55. The van der Waals surface area contributed by atoms with Crippen molar-refractivity contribution in [1.29, 1.82) is 0 Å². The maximum atomic E-state index is 12.8. The van der Waals surface area contributed by atoms with E-state index in [4.69, 9.17) is 0 Å². The number of pyridine rings is 1. The highest BCUT2D eigenvalue weighted by atomic mass is 32.2. The minimum absolute atomic E-state index is 0.155. The molecule has 0 radical (unpaired) electrons. The lowest BCUT2D eigenvalue weighted by molar-refractivity contribution is -0.105. The first-order valence-electron chi connectivity index (χ1n) is 8.79. The zero-order chi connectivity index (χ0) is 17.7. The zero-order valence-corrected chi connectivity index (χ0v) is 14.6. The number of rotatable bonds is 4. The summed E-state index contributed by atoms with van der Waals surface area (Å²) in [6.07, 6.45) is 4.00. The molecule has 5 rings (SSSR count). The lowest BCUT2D eigenvalue weighted by Crippen LogP contribution is -2.59. The number of hydrogen-bond acceptors (Lipinski definition) is 3. The monoisotopic (exact) mass is 370 g/mol. The second-order valence-electron chi connectivity index (χ2n) is 7.91. The van der Waals surface area contributed by atoms with Crippen LogP contribution in [0, 0.1) is 17.8 Å². The number of carbonyl (C=O) groups excluding carboxylic acids is 1. The number of nitrogens with zero attached hydrogens (tertiary/aromatic N) is 1. The van der Waals surface area contributed by atoms with E-state index in [-0.39, 0.29) is 22.0 Å². The molecule has 0 saturated heterocycles. The van der Waals surface area contributed by atoms with Gasteiger partial charge in [-0.2, -0.15) is 13.2 Å². The molecular weight excluding hydrogens is 349 g/mol. The minimum Gasteiger partial charge on any atom is -0.346 e. The van der Waals surface area contributed by atoms with Gasteiger partial charge in [0.1, 0.15) is 5.03 Å². The van der Waals surface area contributed by atoms with Crippen LogP contribution >= 0.6 is 11.8 Å². The van der Waals surface area contributed by atoms with Gasteiger partial charge in [-0.25, -0.2) is 4.98 Å². The van der Waals surface area contributed by atoms with E-state index in [1.54, 1.807) is 12.1 Å². The van der Waals surface area contributed by atoms with Crippen LogP contribution in [0.3, 0.4) is 0 Å². The van der Waals surface area contributed by atoms with E-state index in [9.17, 15) is 18.0 Å². The highest BCUT2D eigenvalue weighted by Gasteiger charge is 2.51. The predicted octanol–water partition coefficient (Wildman–Crippen LogP) is 4.43. The van der Waals surface area contributed by atoms with Crippen molar-refractivity contribution in [2.24, 2.45) is 17.8 Å². The predicted molar refractivity (Wildman–Crippen MR) is 89.4 cm³/mol. The van der Waals surface area contributed by atoms with E-state index in [1.165, 1.54) is 25.5 Å². The van der Waals surface area contributed by atoms with Crippen LogP contribution in [0.4, 0.5) is 13.2 Å². The molecule has 4 aliphatic carbocycles. The molecule has 0 aromatic carbocycles. The lowest BCUT2D eigenvalue weighted by Gasteiger charge is -2.56. The molecule has 1 amide bonds. The number of nitrogens with one attached hydrogen (secondary N) is 1. The minimum atomic E-state index is -4.28. The summed E-state index contributed by atoms with van der Waals surface area (Å²) in [7, 11) is 0. The van der Waals surface area contributed by atoms with Crippen molar-refractivity contribution in [3.05, 3.63) is 23.9 Å². The number of carbonyl (C=O) groups is 1. The van der Waals surface area contributed by atoms with Crippen LogP contribution < -0.4 is 5.32 Å². The van der Waals surface area contributed by atoms with Gasteiger partial charge in [0.15, 0.2) is 0 Å². The fourth-order valence-electron chi connectivity index (χ4n) is 5.40. The molecule has 4 aliphatic rings. The Bertz CT molecular complexity index is 641. The van der Waals surface area contributed by atoms with Crippen LogP contribution in [0.2, 0.25) is 0 Å². The lowest BCUT2D eigenvalue weighted by atomic mass is 9.53. The van der Waals surface area contributed by atoms with Crippen LogP contribution in [0.5, 0.6) is 0 Å². The van der Waals surface area contributed by atoms with Crippen LogP contribution in [0.25, 0.3) is 0 Å². The number of hydrogen-bond donors (Lipinski definition) is 1. The summed E-state index contributed by atoms with van der Waals surface area (Å²) in [5, 5.41) is 3.36. The first-order valence-corrected chi connectivity index (χ1v) is 9.78. The van der Waals surface area contributed by atoms with E-state index in [1.807, 2.05) is 0 Å². The Labute approximate surface area is 149 Å². The first kappa shape index (κ1) is 17.2. The quantitative estimate of drug-likeness (QED) is 0.797. The van der Waals surface area contributed by atoms with Crippen molar-refractivity contribution in [3.63, 3.8) is 0 Å². The zero-order valence-electron chi connectivity index (χ0n) is 13.8. The summed E-state index contributed by atoms with van der Waals surface area (Å²) in [5.74, 6) is 0.764. The van der Waals surface area contributed by atoms with Gasteiger partial charge in [0, 0.05) is 11.7 Å². The van der Waals surface area contributed by atoms with Gasteiger partial charge in [-0.05, 0) is 68.4 Å². The van der Waals surface area contributed by atoms with Crippen molar-refractivity contribution in [2.75, 3.05) is 5.75 Å².